The van der Waals surface area contributed by atoms with Gasteiger partial charge < -0.3 is 0 Å². The van der Waals surface area contributed by atoms with Gasteiger partial charge in [-0.15, -0.1) is 69.1 Å². The average molecular weight is 721 g/mol. The first-order chi connectivity index (χ1) is 22.1. The number of hydrogen-bond acceptors (Lipinski definition) is 0. The molecule has 0 spiro atoms. The number of rotatable bonds is 5. The van der Waals surface area contributed by atoms with Gasteiger partial charge in [0.1, 0.15) is 0 Å². The van der Waals surface area contributed by atoms with Crippen LogP contribution in [0.5, 0.6) is 0 Å². The second-order valence-corrected chi connectivity index (χ2v) is 15.3. The summed E-state index contributed by atoms with van der Waals surface area (Å²) in [4.78, 5) is 0. The van der Waals surface area contributed by atoms with E-state index in [-0.39, 0.29) is 0 Å². The van der Waals surface area contributed by atoms with Gasteiger partial charge in [0.2, 0.25) is 0 Å². The van der Waals surface area contributed by atoms with Gasteiger partial charge in [-0.1, -0.05) is 140 Å². The van der Waals surface area contributed by atoms with Crippen molar-refractivity contribution in [2.24, 2.45) is 0 Å². The van der Waals surface area contributed by atoms with E-state index in [1.807, 2.05) is 6.07 Å². The van der Waals surface area contributed by atoms with Crippen molar-refractivity contribution in [3.05, 3.63) is 163 Å². The normalized spacial score (nSPS) is 10.1. The number of halogens is 2. The molecule has 0 aliphatic carbocycles. The zero-order chi connectivity index (χ0) is 31.9. The van der Waals surface area contributed by atoms with E-state index >= 15 is 0 Å². The maximum atomic E-state index is 4.93. The van der Waals surface area contributed by atoms with Crippen LogP contribution in [0.4, 0.5) is 0 Å². The summed E-state index contributed by atoms with van der Waals surface area (Å²) in [5, 5.41) is 6.88. The zero-order valence-corrected chi connectivity index (χ0v) is 31.1. The molecule has 0 heterocycles. The van der Waals surface area contributed by atoms with Gasteiger partial charge in [0.15, 0.2) is 0 Å². The molecule has 0 aliphatic rings. The molecular weight excluding hydrogens is 683 g/mol. The molecule has 0 bridgehead atoms. The van der Waals surface area contributed by atoms with Gasteiger partial charge in [-0.05, 0) is 24.0 Å². The molecule has 0 saturated heterocycles. The summed E-state index contributed by atoms with van der Waals surface area (Å²) in [5.74, 6) is 0. The first-order valence-electron chi connectivity index (χ1n) is 15.3. The van der Waals surface area contributed by atoms with Crippen molar-refractivity contribution < 1.29 is 20.8 Å². The average Bonchev–Trinajstić information content (AvgIpc) is 3.74. The van der Waals surface area contributed by atoms with Crippen LogP contribution in [0.15, 0.2) is 152 Å². The number of fused-ring (bicyclic) bond motifs is 2. The Balaban J connectivity index is 0.000000156. The molecule has 0 aromatic heterocycles. The van der Waals surface area contributed by atoms with Crippen molar-refractivity contribution in [2.45, 2.75) is 33.2 Å². The molecule has 0 fully saturated rings. The van der Waals surface area contributed by atoms with E-state index in [4.69, 9.17) is 17.0 Å². The van der Waals surface area contributed by atoms with E-state index in [1.165, 1.54) is 60.1 Å². The van der Waals surface area contributed by atoms with E-state index in [2.05, 4.69) is 166 Å². The van der Waals surface area contributed by atoms with Crippen molar-refractivity contribution in [1.82, 2.24) is 0 Å². The Bertz CT molecular complexity index is 1720. The van der Waals surface area contributed by atoms with E-state index in [0.29, 0.717) is 0 Å². The Morgan fingerprint density at radius 2 is 0.911 bits per heavy atom. The molecular formula is C41H38Cl2SiZr. The molecule has 0 nitrogen and oxygen atoms in total. The molecule has 224 valence electrons. The summed E-state index contributed by atoms with van der Waals surface area (Å²) in [6.07, 6.45) is 2.20. The van der Waals surface area contributed by atoms with Crippen LogP contribution < -0.4 is 5.19 Å². The van der Waals surface area contributed by atoms with Crippen LogP contribution in [0, 0.1) is 0 Å². The molecule has 4 heteroatoms. The molecule has 7 rings (SSSR count). The van der Waals surface area contributed by atoms with Crippen LogP contribution in [0.3, 0.4) is 0 Å². The molecule has 7 aromatic carbocycles. The third-order valence-electron chi connectivity index (χ3n) is 7.67. The summed E-state index contributed by atoms with van der Waals surface area (Å²) < 4.78 is 0. The molecule has 0 amide bonds. The monoisotopic (exact) mass is 718 g/mol. The number of aryl methyl sites for hydroxylation is 2. The molecule has 0 N–H and O–H groups in total. The Labute approximate surface area is 290 Å². The molecule has 0 aliphatic heterocycles. The predicted octanol–water partition coefficient (Wildman–Crippen LogP) is 12.0. The van der Waals surface area contributed by atoms with Crippen molar-refractivity contribution in [2.75, 3.05) is 0 Å². The standard InChI is InChI=1S/2C17H15.C7H8Si.2ClH.Zr/c2*1-2-13-11-15-9-6-10-16(17(15)12-13)14-7-4-3-5-8-14;1-8-7-5-3-2-4-6-7;;;/h2*3-12H,2H2,1H3;2-6H,1H3;2*1H;/q2*-1;;;;+4/p-2. The van der Waals surface area contributed by atoms with Crippen LogP contribution in [-0.2, 0) is 33.7 Å². The minimum absolute atomic E-state index is 0.826. The van der Waals surface area contributed by atoms with Gasteiger partial charge in [-0.3, -0.25) is 0 Å². The van der Waals surface area contributed by atoms with Gasteiger partial charge in [0, 0.05) is 0 Å². The second-order valence-electron chi connectivity index (χ2n) is 10.5. The first kappa shape index (κ1) is 34.9. The minimum atomic E-state index is -0.826. The van der Waals surface area contributed by atoms with Gasteiger partial charge in [-0.2, -0.15) is 12.1 Å². The van der Waals surface area contributed by atoms with E-state index in [9.17, 15) is 0 Å². The fourth-order valence-electron chi connectivity index (χ4n) is 5.35. The van der Waals surface area contributed by atoms with Crippen LogP contribution >= 0.6 is 17.0 Å². The second kappa shape index (κ2) is 18.8. The van der Waals surface area contributed by atoms with Crippen molar-refractivity contribution >= 4 is 53.3 Å². The van der Waals surface area contributed by atoms with E-state index < -0.39 is 20.8 Å². The summed E-state index contributed by atoms with van der Waals surface area (Å²) in [5.41, 5.74) is 8.11. The fraction of sp³-hybridized carbons (Fsp3) is 0.122. The Hall–Kier alpha value is -3.00. The van der Waals surface area contributed by atoms with E-state index in [0.717, 1.165) is 22.4 Å². The third-order valence-corrected chi connectivity index (χ3v) is 8.58. The summed E-state index contributed by atoms with van der Waals surface area (Å²) in [6.45, 7) is 6.60. The van der Waals surface area contributed by atoms with Crippen LogP contribution in [-0.4, -0.2) is 9.52 Å². The Kier molecular flexibility index (Phi) is 14.6. The molecule has 0 saturated carbocycles. The van der Waals surface area contributed by atoms with E-state index in [1.54, 1.807) is 0 Å². The van der Waals surface area contributed by atoms with Gasteiger partial charge in [-0.25, -0.2) is 0 Å². The first-order valence-corrected chi connectivity index (χ1v) is 23.1. The summed E-state index contributed by atoms with van der Waals surface area (Å²) in [6, 6.07) is 54.0. The van der Waals surface area contributed by atoms with Crippen LogP contribution in [0.25, 0.3) is 43.8 Å². The SMILES string of the molecule is CCc1cc2c(-c3ccccc3)cccc2[cH-]1.CCc1cc2c(-c3ccccc3)cccc2[cH-]1.C[Si]c1ccccc1.[Cl][Zr+2][Cl]. The molecule has 2 radical (unpaired) electrons. The van der Waals surface area contributed by atoms with Crippen molar-refractivity contribution in [1.29, 1.82) is 0 Å². The van der Waals surface area contributed by atoms with Gasteiger partial charge in [0.25, 0.3) is 0 Å². The van der Waals surface area contributed by atoms with Crippen molar-refractivity contribution in [3.8, 4) is 22.3 Å². The van der Waals surface area contributed by atoms with Gasteiger partial charge >= 0.3 is 37.9 Å². The number of benzene rings is 5. The Morgan fingerprint density at radius 1 is 0.533 bits per heavy atom. The van der Waals surface area contributed by atoms with Crippen molar-refractivity contribution in [3.63, 3.8) is 0 Å². The predicted molar refractivity (Wildman–Crippen MR) is 198 cm³/mol. The molecule has 0 unspecified atom stereocenters. The molecule has 0 atom stereocenters. The maximum absolute atomic E-state index is 4.93. The fourth-order valence-corrected chi connectivity index (χ4v) is 5.87. The van der Waals surface area contributed by atoms with Crippen LogP contribution in [0.1, 0.15) is 25.0 Å². The quantitative estimate of drug-likeness (QED) is 0.123. The summed E-state index contributed by atoms with van der Waals surface area (Å²) >= 11 is -0.826. The Morgan fingerprint density at radius 3 is 1.24 bits per heavy atom. The zero-order valence-electron chi connectivity index (χ0n) is 26.1. The molecule has 45 heavy (non-hydrogen) atoms. The topological polar surface area (TPSA) is 0 Å². The van der Waals surface area contributed by atoms with Crippen LogP contribution in [0.2, 0.25) is 6.55 Å². The molecule has 7 aromatic rings. The number of hydrogen-bond donors (Lipinski definition) is 0. The van der Waals surface area contributed by atoms with Gasteiger partial charge in [0.05, 0.1) is 9.52 Å². The summed E-state index contributed by atoms with van der Waals surface area (Å²) in [7, 11) is 10.8. The third kappa shape index (κ3) is 9.99.